The number of anilines is 1. The Balaban J connectivity index is 2.26. The molecule has 1 heterocycles. The second-order valence-corrected chi connectivity index (χ2v) is 5.86. The highest BCUT2D eigenvalue weighted by Gasteiger charge is 2.38. The minimum Gasteiger partial charge on any atom is -0.419 e. The maximum Gasteiger partial charge on any atom is 0.350 e. The van der Waals surface area contributed by atoms with E-state index in [0.717, 1.165) is 12.3 Å². The minimum atomic E-state index is -1.31. The van der Waals surface area contributed by atoms with Crippen molar-refractivity contribution in [3.8, 4) is 0 Å². The van der Waals surface area contributed by atoms with Crippen molar-refractivity contribution in [3.63, 3.8) is 0 Å². The number of cyclic esters (lactones) is 2. The lowest BCUT2D eigenvalue weighted by atomic mass is 10.2. The SMILES string of the molecule is CC1(C)OC(=O)C(=CNc2cc(F)cc(Br)c2Cl)C(=O)O1. The first-order valence-corrected chi connectivity index (χ1v) is 6.94. The second kappa shape index (κ2) is 5.65. The monoisotopic (exact) mass is 377 g/mol. The lowest BCUT2D eigenvalue weighted by Crippen LogP contribution is -2.42. The zero-order chi connectivity index (χ0) is 15.8. The quantitative estimate of drug-likeness (QED) is 0.370. The van der Waals surface area contributed by atoms with Crippen LogP contribution >= 0.6 is 27.5 Å². The van der Waals surface area contributed by atoms with Crippen molar-refractivity contribution in [3.05, 3.63) is 39.2 Å². The molecule has 1 aliphatic heterocycles. The Kier molecular flexibility index (Phi) is 4.25. The molecule has 1 saturated heterocycles. The predicted octanol–water partition coefficient (Wildman–Crippen LogP) is 3.37. The zero-order valence-electron chi connectivity index (χ0n) is 11.0. The summed E-state index contributed by atoms with van der Waals surface area (Å²) in [5.74, 6) is -3.53. The number of esters is 2. The van der Waals surface area contributed by atoms with E-state index >= 15 is 0 Å². The molecule has 5 nitrogen and oxygen atoms in total. The standard InChI is InChI=1S/C13H10BrClFNO4/c1-13(2)20-11(18)7(12(19)21-13)5-17-9-4-6(16)3-8(14)10(9)15/h3-5,17H,1-2H3. The summed E-state index contributed by atoms with van der Waals surface area (Å²) in [4.78, 5) is 23.4. The smallest absolute Gasteiger partial charge is 0.350 e. The van der Waals surface area contributed by atoms with Gasteiger partial charge in [0, 0.05) is 24.5 Å². The molecule has 0 unspecified atom stereocenters. The van der Waals surface area contributed by atoms with Gasteiger partial charge in [-0.25, -0.2) is 14.0 Å². The summed E-state index contributed by atoms with van der Waals surface area (Å²) >= 11 is 9.05. The van der Waals surface area contributed by atoms with Gasteiger partial charge in [0.25, 0.3) is 5.79 Å². The first-order valence-electron chi connectivity index (χ1n) is 5.77. The van der Waals surface area contributed by atoms with E-state index in [4.69, 9.17) is 21.1 Å². The summed E-state index contributed by atoms with van der Waals surface area (Å²) < 4.78 is 23.5. The highest BCUT2D eigenvalue weighted by molar-refractivity contribution is 9.10. The van der Waals surface area contributed by atoms with Crippen LogP contribution in [0.2, 0.25) is 5.02 Å². The lowest BCUT2D eigenvalue weighted by molar-refractivity contribution is -0.222. The van der Waals surface area contributed by atoms with Crippen LogP contribution in [0.1, 0.15) is 13.8 Å². The third kappa shape index (κ3) is 3.54. The van der Waals surface area contributed by atoms with Crippen LogP contribution in [0.3, 0.4) is 0 Å². The van der Waals surface area contributed by atoms with Crippen LogP contribution in [0.25, 0.3) is 0 Å². The van der Waals surface area contributed by atoms with Crippen molar-refractivity contribution in [1.29, 1.82) is 0 Å². The number of carbonyl (C=O) groups excluding carboxylic acids is 2. The molecule has 112 valence electrons. The van der Waals surface area contributed by atoms with Crippen LogP contribution < -0.4 is 5.32 Å². The van der Waals surface area contributed by atoms with Gasteiger partial charge in [0.15, 0.2) is 5.57 Å². The Labute approximate surface area is 133 Å². The number of ether oxygens (including phenoxy) is 2. The third-order valence-corrected chi connectivity index (χ3v) is 3.74. The topological polar surface area (TPSA) is 64.6 Å². The van der Waals surface area contributed by atoms with Crippen LogP contribution in [0.5, 0.6) is 0 Å². The summed E-state index contributed by atoms with van der Waals surface area (Å²) in [5, 5.41) is 2.79. The molecule has 8 heteroatoms. The van der Waals surface area contributed by atoms with Crippen LogP contribution in [0.4, 0.5) is 10.1 Å². The molecule has 1 N–H and O–H groups in total. The van der Waals surface area contributed by atoms with Gasteiger partial charge in [-0.05, 0) is 28.1 Å². The molecule has 0 radical (unpaired) electrons. The van der Waals surface area contributed by atoms with Gasteiger partial charge in [-0.2, -0.15) is 0 Å². The molecule has 0 bridgehead atoms. The van der Waals surface area contributed by atoms with Gasteiger partial charge in [0.1, 0.15) is 5.82 Å². The maximum atomic E-state index is 13.3. The van der Waals surface area contributed by atoms with Gasteiger partial charge in [-0.1, -0.05) is 11.6 Å². The highest BCUT2D eigenvalue weighted by Crippen LogP contribution is 2.32. The summed E-state index contributed by atoms with van der Waals surface area (Å²) in [5.41, 5.74) is -0.160. The molecule has 0 aromatic heterocycles. The van der Waals surface area contributed by atoms with E-state index in [1.54, 1.807) is 0 Å². The highest BCUT2D eigenvalue weighted by atomic mass is 79.9. The van der Waals surface area contributed by atoms with Gasteiger partial charge in [0.05, 0.1) is 10.7 Å². The van der Waals surface area contributed by atoms with Crippen LogP contribution in [-0.2, 0) is 19.1 Å². The maximum absolute atomic E-state index is 13.3. The average Bonchev–Trinajstić information content (AvgIpc) is 2.32. The van der Waals surface area contributed by atoms with Crippen LogP contribution in [0.15, 0.2) is 28.4 Å². The van der Waals surface area contributed by atoms with Gasteiger partial charge >= 0.3 is 11.9 Å². The molecule has 0 atom stereocenters. The van der Waals surface area contributed by atoms with Gasteiger partial charge in [-0.15, -0.1) is 0 Å². The lowest BCUT2D eigenvalue weighted by Gasteiger charge is -2.29. The van der Waals surface area contributed by atoms with Crippen molar-refractivity contribution in [2.75, 3.05) is 5.32 Å². The molecular formula is C13H10BrClFNO4. The Morgan fingerprint density at radius 2 is 1.86 bits per heavy atom. The van der Waals surface area contributed by atoms with Gasteiger partial charge < -0.3 is 14.8 Å². The van der Waals surface area contributed by atoms with E-state index in [-0.39, 0.29) is 16.3 Å². The Bertz CT molecular complexity index is 638. The molecule has 0 aliphatic carbocycles. The number of hydrogen-bond acceptors (Lipinski definition) is 5. The molecule has 1 aliphatic rings. The zero-order valence-corrected chi connectivity index (χ0v) is 13.3. The Morgan fingerprint density at radius 1 is 1.29 bits per heavy atom. The minimum absolute atomic E-state index is 0.182. The van der Waals surface area contributed by atoms with E-state index in [0.29, 0.717) is 4.47 Å². The number of nitrogens with one attached hydrogen (secondary N) is 1. The largest absolute Gasteiger partial charge is 0.419 e. The normalized spacial score (nSPS) is 17.1. The summed E-state index contributed by atoms with van der Waals surface area (Å²) in [6.07, 6.45) is 1.06. The number of halogens is 3. The number of rotatable bonds is 2. The van der Waals surface area contributed by atoms with Crippen molar-refractivity contribution in [2.45, 2.75) is 19.6 Å². The molecule has 21 heavy (non-hydrogen) atoms. The average molecular weight is 379 g/mol. The fraction of sp³-hybridized carbons (Fsp3) is 0.231. The van der Waals surface area contributed by atoms with E-state index < -0.39 is 23.5 Å². The molecule has 1 aromatic rings. The second-order valence-electron chi connectivity index (χ2n) is 4.63. The van der Waals surface area contributed by atoms with Gasteiger partial charge in [-0.3, -0.25) is 0 Å². The molecule has 0 amide bonds. The molecule has 0 saturated carbocycles. The predicted molar refractivity (Wildman–Crippen MR) is 77.1 cm³/mol. The van der Waals surface area contributed by atoms with Crippen LogP contribution in [0, 0.1) is 5.82 Å². The molecule has 2 rings (SSSR count). The summed E-state index contributed by atoms with van der Waals surface area (Å²) in [6.45, 7) is 2.88. The molecular weight excluding hydrogens is 369 g/mol. The van der Waals surface area contributed by atoms with E-state index in [2.05, 4.69) is 21.2 Å². The Morgan fingerprint density at radius 3 is 2.43 bits per heavy atom. The molecule has 1 aromatic carbocycles. The fourth-order valence-corrected chi connectivity index (χ4v) is 2.19. The Hall–Kier alpha value is -1.60. The number of carbonyl (C=O) groups is 2. The van der Waals surface area contributed by atoms with Crippen molar-refractivity contribution >= 4 is 45.2 Å². The summed E-state index contributed by atoms with van der Waals surface area (Å²) in [7, 11) is 0. The van der Waals surface area contributed by atoms with E-state index in [1.165, 1.54) is 19.9 Å². The van der Waals surface area contributed by atoms with Crippen molar-refractivity contribution in [1.82, 2.24) is 0 Å². The van der Waals surface area contributed by atoms with Gasteiger partial charge in [0.2, 0.25) is 0 Å². The number of benzene rings is 1. The van der Waals surface area contributed by atoms with E-state index in [1.807, 2.05) is 0 Å². The molecule has 1 fully saturated rings. The summed E-state index contributed by atoms with van der Waals surface area (Å²) in [6, 6.07) is 2.31. The van der Waals surface area contributed by atoms with E-state index in [9.17, 15) is 14.0 Å². The molecule has 0 spiro atoms. The van der Waals surface area contributed by atoms with Crippen molar-refractivity contribution in [2.24, 2.45) is 0 Å². The first-order chi connectivity index (χ1) is 9.69. The third-order valence-electron chi connectivity index (χ3n) is 2.48. The fourth-order valence-electron chi connectivity index (χ4n) is 1.59. The number of hydrogen-bond donors (Lipinski definition) is 1. The van der Waals surface area contributed by atoms with Crippen molar-refractivity contribution < 1.29 is 23.5 Å². The van der Waals surface area contributed by atoms with Crippen LogP contribution in [-0.4, -0.2) is 17.7 Å². The first kappa shape index (κ1) is 15.8.